The molecule has 0 aliphatic carbocycles. The standard InChI is InChI=1S/C26H29F6NO/c1-15(2)11-22(16(3)34)19-12-18(17-7-9-21(10-8-17)25(27,28)29)13-20(14-19)23-5-4-6-24(33-23)26(30,31)32/h7-10,12-15,22-24,33H,4-6,11H2,1-3H3/t22-,23-,24+/m1/s1. The highest BCUT2D eigenvalue weighted by molar-refractivity contribution is 5.84. The number of rotatable bonds is 6. The summed E-state index contributed by atoms with van der Waals surface area (Å²) in [6.45, 7) is 5.44. The first-order valence-electron chi connectivity index (χ1n) is 11.4. The zero-order chi connectivity index (χ0) is 25.3. The second-order valence-electron chi connectivity index (χ2n) is 9.50. The number of piperidine rings is 1. The zero-order valence-corrected chi connectivity index (χ0v) is 19.4. The molecule has 1 N–H and O–H groups in total. The predicted molar refractivity (Wildman–Crippen MR) is 119 cm³/mol. The molecule has 0 bridgehead atoms. The van der Waals surface area contributed by atoms with E-state index in [-0.39, 0.29) is 18.1 Å². The van der Waals surface area contributed by atoms with Crippen LogP contribution in [0.5, 0.6) is 0 Å². The molecule has 1 heterocycles. The van der Waals surface area contributed by atoms with E-state index in [0.717, 1.165) is 12.1 Å². The molecule has 34 heavy (non-hydrogen) atoms. The number of carbonyl (C=O) groups is 1. The zero-order valence-electron chi connectivity index (χ0n) is 19.4. The highest BCUT2D eigenvalue weighted by atomic mass is 19.4. The number of benzene rings is 2. The van der Waals surface area contributed by atoms with Crippen molar-refractivity contribution in [2.45, 2.75) is 76.8 Å². The van der Waals surface area contributed by atoms with Crippen LogP contribution in [-0.2, 0) is 11.0 Å². The van der Waals surface area contributed by atoms with Crippen LogP contribution in [0.15, 0.2) is 42.5 Å². The van der Waals surface area contributed by atoms with Crippen molar-refractivity contribution in [3.63, 3.8) is 0 Å². The van der Waals surface area contributed by atoms with Crippen LogP contribution >= 0.6 is 0 Å². The monoisotopic (exact) mass is 485 g/mol. The Kier molecular flexibility index (Phi) is 7.80. The molecule has 0 spiro atoms. The van der Waals surface area contributed by atoms with Gasteiger partial charge in [0.05, 0.1) is 5.56 Å². The molecule has 3 rings (SSSR count). The molecule has 2 nitrogen and oxygen atoms in total. The lowest BCUT2D eigenvalue weighted by molar-refractivity contribution is -0.163. The van der Waals surface area contributed by atoms with Crippen LogP contribution in [0.4, 0.5) is 26.3 Å². The molecule has 186 valence electrons. The number of hydrogen-bond donors (Lipinski definition) is 1. The third-order valence-corrected chi connectivity index (χ3v) is 6.31. The first-order chi connectivity index (χ1) is 15.8. The Labute approximate surface area is 195 Å². The molecule has 2 aromatic carbocycles. The van der Waals surface area contributed by atoms with Crippen LogP contribution in [0.1, 0.15) is 75.1 Å². The van der Waals surface area contributed by atoms with E-state index in [1.54, 1.807) is 18.2 Å². The van der Waals surface area contributed by atoms with Gasteiger partial charge in [0.2, 0.25) is 0 Å². The fourth-order valence-corrected chi connectivity index (χ4v) is 4.56. The lowest BCUT2D eigenvalue weighted by Gasteiger charge is -2.33. The Bertz CT molecular complexity index is 994. The molecule has 0 radical (unpaired) electrons. The number of alkyl halides is 6. The lowest BCUT2D eigenvalue weighted by Crippen LogP contribution is -2.46. The number of halogens is 6. The molecule has 3 atom stereocenters. The molecular weight excluding hydrogens is 456 g/mol. The topological polar surface area (TPSA) is 29.1 Å². The predicted octanol–water partition coefficient (Wildman–Crippen LogP) is 7.84. The van der Waals surface area contributed by atoms with Crippen LogP contribution in [0, 0.1) is 5.92 Å². The van der Waals surface area contributed by atoms with Crippen molar-refractivity contribution in [1.29, 1.82) is 0 Å². The number of hydrogen-bond acceptors (Lipinski definition) is 2. The summed E-state index contributed by atoms with van der Waals surface area (Å²) >= 11 is 0. The molecule has 1 saturated heterocycles. The molecular formula is C26H29F6NO. The van der Waals surface area contributed by atoms with E-state index in [1.165, 1.54) is 19.1 Å². The van der Waals surface area contributed by atoms with E-state index in [1.807, 2.05) is 13.8 Å². The third kappa shape index (κ3) is 6.40. The molecule has 1 fully saturated rings. The molecule has 0 unspecified atom stereocenters. The maximum absolute atomic E-state index is 13.4. The lowest BCUT2D eigenvalue weighted by atomic mass is 9.83. The molecule has 1 aliphatic rings. The summed E-state index contributed by atoms with van der Waals surface area (Å²) in [5.41, 5.74) is 1.58. The highest BCUT2D eigenvalue weighted by Gasteiger charge is 2.42. The average Bonchev–Trinajstić information content (AvgIpc) is 2.76. The third-order valence-electron chi connectivity index (χ3n) is 6.31. The van der Waals surface area contributed by atoms with Gasteiger partial charge in [-0.25, -0.2) is 0 Å². The molecule has 2 aromatic rings. The van der Waals surface area contributed by atoms with Gasteiger partial charge in [-0.1, -0.05) is 38.1 Å². The van der Waals surface area contributed by atoms with Crippen molar-refractivity contribution in [3.8, 4) is 11.1 Å². The SMILES string of the molecule is CC(=O)[C@@H](CC(C)C)c1cc(-c2ccc(C(F)(F)F)cc2)cc([C@H]2CCC[C@@H](C(F)(F)F)N2)c1. The number of ketones is 1. The van der Waals surface area contributed by atoms with Gasteiger partial charge >= 0.3 is 12.4 Å². The first kappa shape index (κ1) is 26.3. The summed E-state index contributed by atoms with van der Waals surface area (Å²) in [5.74, 6) is -0.307. The van der Waals surface area contributed by atoms with Crippen LogP contribution < -0.4 is 5.32 Å². The van der Waals surface area contributed by atoms with Gasteiger partial charge in [-0.3, -0.25) is 10.1 Å². The maximum atomic E-state index is 13.4. The molecule has 1 aliphatic heterocycles. The normalized spacial score (nSPS) is 20.4. The van der Waals surface area contributed by atoms with Gasteiger partial charge in [-0.15, -0.1) is 0 Å². The van der Waals surface area contributed by atoms with Crippen LogP contribution in [0.2, 0.25) is 0 Å². The van der Waals surface area contributed by atoms with E-state index >= 15 is 0 Å². The Morgan fingerprint density at radius 2 is 1.62 bits per heavy atom. The van der Waals surface area contributed by atoms with E-state index in [9.17, 15) is 31.1 Å². The minimum absolute atomic E-state index is 0.00509. The number of nitrogens with one attached hydrogen (secondary N) is 1. The second kappa shape index (κ2) is 10.1. The summed E-state index contributed by atoms with van der Waals surface area (Å²) in [7, 11) is 0. The fourth-order valence-electron chi connectivity index (χ4n) is 4.56. The van der Waals surface area contributed by atoms with Crippen molar-refractivity contribution in [2.24, 2.45) is 5.92 Å². The van der Waals surface area contributed by atoms with E-state index in [4.69, 9.17) is 0 Å². The molecule has 0 amide bonds. The fraction of sp³-hybridized carbons (Fsp3) is 0.500. The Morgan fingerprint density at radius 3 is 2.15 bits per heavy atom. The maximum Gasteiger partial charge on any atom is 0.416 e. The summed E-state index contributed by atoms with van der Waals surface area (Å²) in [4.78, 5) is 12.5. The van der Waals surface area contributed by atoms with Crippen LogP contribution in [0.25, 0.3) is 11.1 Å². The molecule has 8 heteroatoms. The van der Waals surface area contributed by atoms with Gasteiger partial charge in [0, 0.05) is 12.0 Å². The van der Waals surface area contributed by atoms with Gasteiger partial charge in [-0.2, -0.15) is 26.3 Å². The van der Waals surface area contributed by atoms with Gasteiger partial charge in [-0.05, 0) is 79.0 Å². The van der Waals surface area contributed by atoms with Crippen molar-refractivity contribution >= 4 is 5.78 Å². The summed E-state index contributed by atoms with van der Waals surface area (Å²) < 4.78 is 79.1. The minimum Gasteiger partial charge on any atom is -0.299 e. The summed E-state index contributed by atoms with van der Waals surface area (Å²) in [6.07, 6.45) is -7.39. The van der Waals surface area contributed by atoms with Crippen molar-refractivity contribution in [1.82, 2.24) is 5.32 Å². The Hall–Kier alpha value is -2.35. The van der Waals surface area contributed by atoms with Gasteiger partial charge in [0.15, 0.2) is 0 Å². The number of Topliss-reactive ketones (excluding diaryl/α,β-unsaturated/α-hetero) is 1. The largest absolute Gasteiger partial charge is 0.416 e. The van der Waals surface area contributed by atoms with Crippen molar-refractivity contribution < 1.29 is 31.1 Å². The van der Waals surface area contributed by atoms with E-state index < -0.39 is 35.9 Å². The quantitative estimate of drug-likeness (QED) is 0.423. The molecule has 0 saturated carbocycles. The number of carbonyl (C=O) groups excluding carboxylic acids is 1. The average molecular weight is 486 g/mol. The van der Waals surface area contributed by atoms with Gasteiger partial charge < -0.3 is 0 Å². The first-order valence-corrected chi connectivity index (χ1v) is 11.4. The minimum atomic E-state index is -4.47. The Morgan fingerprint density at radius 1 is 0.971 bits per heavy atom. The van der Waals surface area contributed by atoms with E-state index in [0.29, 0.717) is 41.5 Å². The van der Waals surface area contributed by atoms with Crippen LogP contribution in [0.3, 0.4) is 0 Å². The van der Waals surface area contributed by atoms with Crippen molar-refractivity contribution in [2.75, 3.05) is 0 Å². The molecule has 0 aromatic heterocycles. The Balaban J connectivity index is 2.07. The summed E-state index contributed by atoms with van der Waals surface area (Å²) in [6, 6.07) is 7.74. The van der Waals surface area contributed by atoms with Gasteiger partial charge in [0.25, 0.3) is 0 Å². The highest BCUT2D eigenvalue weighted by Crippen LogP contribution is 2.38. The van der Waals surface area contributed by atoms with Crippen molar-refractivity contribution in [3.05, 3.63) is 59.2 Å². The smallest absolute Gasteiger partial charge is 0.299 e. The summed E-state index contributed by atoms with van der Waals surface area (Å²) in [5, 5.41) is 2.69. The van der Waals surface area contributed by atoms with E-state index in [2.05, 4.69) is 5.32 Å². The van der Waals surface area contributed by atoms with Crippen LogP contribution in [-0.4, -0.2) is 18.0 Å². The van der Waals surface area contributed by atoms with Gasteiger partial charge in [0.1, 0.15) is 11.8 Å². The second-order valence-corrected chi connectivity index (χ2v) is 9.50.